The molecule has 0 aromatic heterocycles. The summed E-state index contributed by atoms with van der Waals surface area (Å²) in [5.41, 5.74) is 0. The molecule has 92 valence electrons. The maximum atomic E-state index is 9.13. The molecule has 6 nitrogen and oxygen atoms in total. The summed E-state index contributed by atoms with van der Waals surface area (Å²) < 4.78 is 9.90. The minimum Gasteiger partial charge on any atom is -0.394 e. The SMILES string of the molecule is CC(O)[C@@H](O)COCOC(C)[C@@H](O)CO. The average Bonchev–Trinajstić information content (AvgIpc) is 2.22. The van der Waals surface area contributed by atoms with Crippen LogP contribution < -0.4 is 0 Å². The molecule has 0 radical (unpaired) electrons. The Hall–Kier alpha value is -0.240. The molecule has 0 saturated heterocycles. The van der Waals surface area contributed by atoms with E-state index in [2.05, 4.69) is 0 Å². The lowest BCUT2D eigenvalue weighted by Gasteiger charge is -2.18. The molecule has 0 heterocycles. The van der Waals surface area contributed by atoms with Gasteiger partial charge in [-0.05, 0) is 13.8 Å². The van der Waals surface area contributed by atoms with Gasteiger partial charge >= 0.3 is 0 Å². The fraction of sp³-hybridized carbons (Fsp3) is 1.00. The van der Waals surface area contributed by atoms with Crippen molar-refractivity contribution >= 4 is 0 Å². The van der Waals surface area contributed by atoms with E-state index in [0.29, 0.717) is 0 Å². The standard InChI is InChI=1S/C9H20O6/c1-6(11)9(13)4-14-5-15-7(2)8(12)3-10/h6-13H,3-5H2,1-2H3/t6?,7?,8-,9-/m0/s1. The monoisotopic (exact) mass is 224 g/mol. The van der Waals surface area contributed by atoms with Crippen molar-refractivity contribution in [2.45, 2.75) is 38.3 Å². The number of hydrogen-bond donors (Lipinski definition) is 4. The van der Waals surface area contributed by atoms with Crippen molar-refractivity contribution in [3.8, 4) is 0 Å². The Balaban J connectivity index is 3.46. The lowest BCUT2D eigenvalue weighted by Crippen LogP contribution is -2.32. The van der Waals surface area contributed by atoms with E-state index < -0.39 is 24.4 Å². The van der Waals surface area contributed by atoms with Gasteiger partial charge in [0.15, 0.2) is 0 Å². The van der Waals surface area contributed by atoms with Gasteiger partial charge in [-0.15, -0.1) is 0 Å². The van der Waals surface area contributed by atoms with Crippen LogP contribution in [0.5, 0.6) is 0 Å². The van der Waals surface area contributed by atoms with Crippen LogP contribution in [0.1, 0.15) is 13.8 Å². The Morgan fingerprint density at radius 1 is 1.07 bits per heavy atom. The smallest absolute Gasteiger partial charge is 0.147 e. The second-order valence-electron chi connectivity index (χ2n) is 3.42. The van der Waals surface area contributed by atoms with E-state index in [-0.39, 0.29) is 20.0 Å². The molecule has 0 aromatic carbocycles. The Kier molecular flexibility index (Phi) is 7.85. The first-order chi connectivity index (χ1) is 6.99. The Bertz CT molecular complexity index is 152. The van der Waals surface area contributed by atoms with Crippen LogP contribution in [0.25, 0.3) is 0 Å². The first-order valence-corrected chi connectivity index (χ1v) is 4.83. The van der Waals surface area contributed by atoms with Crippen molar-refractivity contribution < 1.29 is 29.9 Å². The van der Waals surface area contributed by atoms with Crippen LogP contribution in [0.4, 0.5) is 0 Å². The molecule has 0 aromatic rings. The molecular weight excluding hydrogens is 204 g/mol. The Morgan fingerprint density at radius 3 is 2.13 bits per heavy atom. The van der Waals surface area contributed by atoms with Crippen LogP contribution in [-0.2, 0) is 9.47 Å². The fourth-order valence-corrected chi connectivity index (χ4v) is 0.723. The van der Waals surface area contributed by atoms with Gasteiger partial charge in [0, 0.05) is 0 Å². The molecule has 6 heteroatoms. The molecule has 0 amide bonds. The molecule has 2 unspecified atom stereocenters. The van der Waals surface area contributed by atoms with Crippen molar-refractivity contribution in [2.75, 3.05) is 20.0 Å². The zero-order valence-electron chi connectivity index (χ0n) is 9.04. The van der Waals surface area contributed by atoms with Gasteiger partial charge in [0.2, 0.25) is 0 Å². The number of aliphatic hydroxyl groups excluding tert-OH is 4. The van der Waals surface area contributed by atoms with Crippen LogP contribution in [0.3, 0.4) is 0 Å². The summed E-state index contributed by atoms with van der Waals surface area (Å²) in [6.45, 7) is 2.52. The van der Waals surface area contributed by atoms with Gasteiger partial charge in [0.1, 0.15) is 19.0 Å². The van der Waals surface area contributed by atoms with Crippen molar-refractivity contribution in [1.82, 2.24) is 0 Å². The molecule has 0 aliphatic heterocycles. The molecule has 4 N–H and O–H groups in total. The van der Waals surface area contributed by atoms with Crippen molar-refractivity contribution in [1.29, 1.82) is 0 Å². The van der Waals surface area contributed by atoms with E-state index in [4.69, 9.17) is 29.9 Å². The van der Waals surface area contributed by atoms with E-state index >= 15 is 0 Å². The van der Waals surface area contributed by atoms with Crippen LogP contribution in [0.2, 0.25) is 0 Å². The van der Waals surface area contributed by atoms with Crippen molar-refractivity contribution in [2.24, 2.45) is 0 Å². The van der Waals surface area contributed by atoms with Gasteiger partial charge in [0.25, 0.3) is 0 Å². The molecule has 0 spiro atoms. The van der Waals surface area contributed by atoms with E-state index in [1.165, 1.54) is 6.92 Å². The van der Waals surface area contributed by atoms with Crippen molar-refractivity contribution in [3.05, 3.63) is 0 Å². The number of hydrogen-bond acceptors (Lipinski definition) is 6. The number of ether oxygens (including phenoxy) is 2. The average molecular weight is 224 g/mol. The summed E-state index contributed by atoms with van der Waals surface area (Å²) in [5.74, 6) is 0. The summed E-state index contributed by atoms with van der Waals surface area (Å²) in [6, 6.07) is 0. The normalized spacial score (nSPS) is 19.6. The lowest BCUT2D eigenvalue weighted by atomic mass is 10.2. The maximum Gasteiger partial charge on any atom is 0.147 e. The van der Waals surface area contributed by atoms with Gasteiger partial charge < -0.3 is 29.9 Å². The van der Waals surface area contributed by atoms with E-state index in [0.717, 1.165) is 0 Å². The lowest BCUT2D eigenvalue weighted by molar-refractivity contribution is -0.142. The first-order valence-electron chi connectivity index (χ1n) is 4.83. The minimum absolute atomic E-state index is 0.0421. The summed E-state index contributed by atoms with van der Waals surface area (Å²) in [6.07, 6.45) is -3.30. The third-order valence-corrected chi connectivity index (χ3v) is 1.99. The van der Waals surface area contributed by atoms with Gasteiger partial charge in [-0.3, -0.25) is 0 Å². The molecule has 0 aliphatic carbocycles. The molecule has 0 bridgehead atoms. The molecule has 4 atom stereocenters. The van der Waals surface area contributed by atoms with Crippen molar-refractivity contribution in [3.63, 3.8) is 0 Å². The largest absolute Gasteiger partial charge is 0.394 e. The summed E-state index contributed by atoms with van der Waals surface area (Å²) in [7, 11) is 0. The quantitative estimate of drug-likeness (QED) is 0.294. The van der Waals surface area contributed by atoms with Gasteiger partial charge in [-0.25, -0.2) is 0 Å². The molecule has 0 aliphatic rings. The third-order valence-electron chi connectivity index (χ3n) is 1.99. The van der Waals surface area contributed by atoms with Crippen LogP contribution in [0.15, 0.2) is 0 Å². The zero-order valence-corrected chi connectivity index (χ0v) is 9.04. The molecular formula is C9H20O6. The van der Waals surface area contributed by atoms with E-state index in [1.54, 1.807) is 6.92 Å². The topological polar surface area (TPSA) is 99.4 Å². The number of rotatable bonds is 8. The molecule has 0 rings (SSSR count). The van der Waals surface area contributed by atoms with Gasteiger partial charge in [0.05, 0.1) is 25.4 Å². The highest BCUT2D eigenvalue weighted by atomic mass is 16.7. The molecule has 0 fully saturated rings. The van der Waals surface area contributed by atoms with Gasteiger partial charge in [-0.2, -0.15) is 0 Å². The summed E-state index contributed by atoms with van der Waals surface area (Å²) in [5, 5.41) is 35.7. The van der Waals surface area contributed by atoms with Crippen LogP contribution in [-0.4, -0.2) is 64.8 Å². The highest BCUT2D eigenvalue weighted by Gasteiger charge is 2.14. The Morgan fingerprint density at radius 2 is 1.67 bits per heavy atom. The summed E-state index contributed by atoms with van der Waals surface area (Å²) >= 11 is 0. The second kappa shape index (κ2) is 7.98. The predicted octanol–water partition coefficient (Wildman–Crippen LogP) is -1.54. The van der Waals surface area contributed by atoms with Crippen LogP contribution >= 0.6 is 0 Å². The Labute approximate surface area is 89.1 Å². The second-order valence-corrected chi connectivity index (χ2v) is 3.42. The van der Waals surface area contributed by atoms with E-state index in [1.807, 2.05) is 0 Å². The highest BCUT2D eigenvalue weighted by molar-refractivity contribution is 4.61. The number of aliphatic hydroxyl groups is 4. The van der Waals surface area contributed by atoms with E-state index in [9.17, 15) is 0 Å². The predicted molar refractivity (Wildman–Crippen MR) is 52.1 cm³/mol. The third kappa shape index (κ3) is 6.77. The first kappa shape index (κ1) is 14.8. The highest BCUT2D eigenvalue weighted by Crippen LogP contribution is 1.99. The summed E-state index contributed by atoms with van der Waals surface area (Å²) in [4.78, 5) is 0. The zero-order chi connectivity index (χ0) is 11.8. The maximum absolute atomic E-state index is 9.13. The molecule has 0 saturated carbocycles. The molecule has 15 heavy (non-hydrogen) atoms. The fourth-order valence-electron chi connectivity index (χ4n) is 0.723. The minimum atomic E-state index is -0.952. The van der Waals surface area contributed by atoms with Gasteiger partial charge in [-0.1, -0.05) is 0 Å². The van der Waals surface area contributed by atoms with Crippen LogP contribution in [0, 0.1) is 0 Å².